The second-order valence-corrected chi connectivity index (χ2v) is 5.84. The Balaban J connectivity index is 1.87. The molecule has 0 unspecified atom stereocenters. The van der Waals surface area contributed by atoms with Crippen LogP contribution in [0.5, 0.6) is 11.5 Å². The molecule has 0 spiro atoms. The van der Waals surface area contributed by atoms with Crippen LogP contribution in [0.1, 0.15) is 37.8 Å². The van der Waals surface area contributed by atoms with Crippen molar-refractivity contribution in [2.45, 2.75) is 26.7 Å². The summed E-state index contributed by atoms with van der Waals surface area (Å²) in [6.45, 7) is 5.32. The number of ether oxygens (including phenoxy) is 2. The van der Waals surface area contributed by atoms with Gasteiger partial charge in [0, 0.05) is 11.1 Å². The van der Waals surface area contributed by atoms with Gasteiger partial charge in [0.1, 0.15) is 11.5 Å². The van der Waals surface area contributed by atoms with Crippen molar-refractivity contribution in [3.05, 3.63) is 59.7 Å². The first-order valence-corrected chi connectivity index (χ1v) is 9.30. The highest BCUT2D eigenvalue weighted by Crippen LogP contribution is 2.16. The molecule has 0 aliphatic rings. The number of hydrogen-bond donors (Lipinski definition) is 2. The monoisotopic (exact) mass is 382 g/mol. The lowest BCUT2D eigenvalue weighted by molar-refractivity contribution is 0.242. The van der Waals surface area contributed by atoms with Gasteiger partial charge in [0.05, 0.1) is 25.6 Å². The Morgan fingerprint density at radius 2 is 1.25 bits per heavy atom. The van der Waals surface area contributed by atoms with Crippen LogP contribution < -0.4 is 20.3 Å². The first kappa shape index (κ1) is 21.0. The average Bonchev–Trinajstić information content (AvgIpc) is 2.72. The second-order valence-electron chi connectivity index (χ2n) is 5.84. The van der Waals surface area contributed by atoms with Gasteiger partial charge in [0.25, 0.3) is 0 Å². The maximum absolute atomic E-state index is 11.8. The predicted molar refractivity (Wildman–Crippen MR) is 111 cm³/mol. The van der Waals surface area contributed by atoms with Crippen molar-refractivity contribution >= 4 is 18.5 Å². The maximum atomic E-state index is 11.8. The molecule has 0 saturated carbocycles. The number of nitrogens with zero attached hydrogens (tertiary/aromatic N) is 2. The number of amides is 2. The zero-order chi connectivity index (χ0) is 20.0. The summed E-state index contributed by atoms with van der Waals surface area (Å²) >= 11 is 0. The highest BCUT2D eigenvalue weighted by atomic mass is 16.5. The largest absolute Gasteiger partial charge is 0.493 e. The molecule has 2 rings (SSSR count). The lowest BCUT2D eigenvalue weighted by Gasteiger charge is -2.07. The van der Waals surface area contributed by atoms with Crippen molar-refractivity contribution in [1.29, 1.82) is 0 Å². The molecule has 0 aliphatic carbocycles. The zero-order valence-electron chi connectivity index (χ0n) is 16.2. The Morgan fingerprint density at radius 3 is 1.68 bits per heavy atom. The van der Waals surface area contributed by atoms with Gasteiger partial charge in [-0.25, -0.2) is 15.6 Å². The summed E-state index contributed by atoms with van der Waals surface area (Å²) in [4.78, 5) is 11.8. The standard InChI is InChI=1S/C21H26N4O3/c1-3-13-27-19-11-7-5-9-17(19)15-22-24-21(26)25-23-16-18-10-6-8-12-20(18)28-14-4-2/h5-12,15-16H,3-4,13-14H2,1-2H3,(H2,24,25,26)/b22-15+,23-16+. The summed E-state index contributed by atoms with van der Waals surface area (Å²) in [5, 5.41) is 7.86. The smallest absolute Gasteiger partial charge is 0.355 e. The third kappa shape index (κ3) is 7.11. The van der Waals surface area contributed by atoms with Crippen molar-refractivity contribution in [3.63, 3.8) is 0 Å². The van der Waals surface area contributed by atoms with E-state index in [1.807, 2.05) is 62.4 Å². The molecule has 2 amide bonds. The lowest BCUT2D eigenvalue weighted by Crippen LogP contribution is -2.28. The quantitative estimate of drug-likeness (QED) is 0.482. The van der Waals surface area contributed by atoms with Crippen LogP contribution in [-0.2, 0) is 0 Å². The minimum atomic E-state index is -0.550. The second kappa shape index (κ2) is 12.1. The van der Waals surface area contributed by atoms with Gasteiger partial charge < -0.3 is 9.47 Å². The van der Waals surface area contributed by atoms with Gasteiger partial charge in [-0.05, 0) is 37.1 Å². The molecule has 0 aliphatic heterocycles. The van der Waals surface area contributed by atoms with E-state index in [1.54, 1.807) is 0 Å². The number of hydrogen-bond acceptors (Lipinski definition) is 5. The highest BCUT2D eigenvalue weighted by molar-refractivity contribution is 5.86. The van der Waals surface area contributed by atoms with Crippen molar-refractivity contribution < 1.29 is 14.3 Å². The molecular formula is C21H26N4O3. The van der Waals surface area contributed by atoms with Gasteiger partial charge in [-0.2, -0.15) is 10.2 Å². The third-order valence-electron chi connectivity index (χ3n) is 3.50. The van der Waals surface area contributed by atoms with E-state index in [2.05, 4.69) is 21.1 Å². The van der Waals surface area contributed by atoms with Crippen LogP contribution in [-0.4, -0.2) is 31.7 Å². The van der Waals surface area contributed by atoms with E-state index in [0.717, 1.165) is 35.5 Å². The summed E-state index contributed by atoms with van der Waals surface area (Å²) < 4.78 is 11.3. The van der Waals surface area contributed by atoms with Gasteiger partial charge in [-0.15, -0.1) is 0 Å². The molecule has 0 aromatic heterocycles. The Morgan fingerprint density at radius 1 is 0.821 bits per heavy atom. The number of carbonyl (C=O) groups excluding carboxylic acids is 1. The molecule has 0 fully saturated rings. The highest BCUT2D eigenvalue weighted by Gasteiger charge is 2.02. The molecule has 7 heteroatoms. The number of nitrogens with one attached hydrogen (secondary N) is 2. The molecule has 0 bridgehead atoms. The number of rotatable bonds is 10. The summed E-state index contributed by atoms with van der Waals surface area (Å²) in [7, 11) is 0. The van der Waals surface area contributed by atoms with Crippen LogP contribution in [0.15, 0.2) is 58.7 Å². The van der Waals surface area contributed by atoms with Gasteiger partial charge in [-0.3, -0.25) is 0 Å². The van der Waals surface area contributed by atoms with E-state index >= 15 is 0 Å². The molecule has 7 nitrogen and oxygen atoms in total. The fourth-order valence-electron chi connectivity index (χ4n) is 2.21. The Labute approximate surface area is 165 Å². The normalized spacial score (nSPS) is 10.9. The topological polar surface area (TPSA) is 84.3 Å². The molecule has 148 valence electrons. The number of urea groups is 1. The molecule has 2 N–H and O–H groups in total. The number of hydrazone groups is 2. The Bertz CT molecular complexity index is 740. The Kier molecular flexibility index (Phi) is 9.06. The molecule has 0 heterocycles. The lowest BCUT2D eigenvalue weighted by atomic mass is 10.2. The van der Waals surface area contributed by atoms with Crippen LogP contribution in [0.4, 0.5) is 4.79 Å². The summed E-state index contributed by atoms with van der Waals surface area (Å²) in [5.41, 5.74) is 6.30. The molecule has 0 atom stereocenters. The Hall–Kier alpha value is -3.35. The van der Waals surface area contributed by atoms with E-state index in [4.69, 9.17) is 9.47 Å². The summed E-state index contributed by atoms with van der Waals surface area (Å²) in [5.74, 6) is 1.44. The van der Waals surface area contributed by atoms with Gasteiger partial charge >= 0.3 is 6.03 Å². The fourth-order valence-corrected chi connectivity index (χ4v) is 2.21. The van der Waals surface area contributed by atoms with E-state index in [0.29, 0.717) is 13.2 Å². The third-order valence-corrected chi connectivity index (χ3v) is 3.50. The van der Waals surface area contributed by atoms with Crippen molar-refractivity contribution in [3.8, 4) is 11.5 Å². The minimum Gasteiger partial charge on any atom is -0.493 e. The van der Waals surface area contributed by atoms with E-state index in [-0.39, 0.29) is 0 Å². The van der Waals surface area contributed by atoms with Gasteiger partial charge in [-0.1, -0.05) is 38.1 Å². The average molecular weight is 382 g/mol. The molecule has 2 aromatic rings. The van der Waals surface area contributed by atoms with Crippen LogP contribution >= 0.6 is 0 Å². The molecule has 0 radical (unpaired) electrons. The van der Waals surface area contributed by atoms with Crippen LogP contribution in [0.25, 0.3) is 0 Å². The number of benzene rings is 2. The van der Waals surface area contributed by atoms with Crippen molar-refractivity contribution in [2.75, 3.05) is 13.2 Å². The van der Waals surface area contributed by atoms with Crippen LogP contribution in [0.3, 0.4) is 0 Å². The van der Waals surface area contributed by atoms with E-state index in [1.165, 1.54) is 12.4 Å². The van der Waals surface area contributed by atoms with Crippen molar-refractivity contribution in [1.82, 2.24) is 10.9 Å². The van der Waals surface area contributed by atoms with Gasteiger partial charge in [0.15, 0.2) is 0 Å². The van der Waals surface area contributed by atoms with Crippen molar-refractivity contribution in [2.24, 2.45) is 10.2 Å². The predicted octanol–water partition coefficient (Wildman–Crippen LogP) is 3.93. The number of para-hydroxylation sites is 2. The zero-order valence-corrected chi connectivity index (χ0v) is 16.2. The maximum Gasteiger partial charge on any atom is 0.355 e. The fraction of sp³-hybridized carbons (Fsp3) is 0.286. The summed E-state index contributed by atoms with van der Waals surface area (Å²) in [6.07, 6.45) is 4.89. The molecule has 2 aromatic carbocycles. The SMILES string of the molecule is CCCOc1ccccc1/C=N/NC(=O)N/N=C/c1ccccc1OCCC. The minimum absolute atomic E-state index is 0.550. The van der Waals surface area contributed by atoms with Crippen LogP contribution in [0, 0.1) is 0 Å². The first-order valence-electron chi connectivity index (χ1n) is 9.30. The number of carbonyl (C=O) groups is 1. The molecule has 28 heavy (non-hydrogen) atoms. The molecular weight excluding hydrogens is 356 g/mol. The van der Waals surface area contributed by atoms with E-state index < -0.39 is 6.03 Å². The van der Waals surface area contributed by atoms with Crippen LogP contribution in [0.2, 0.25) is 0 Å². The van der Waals surface area contributed by atoms with Gasteiger partial charge in [0.2, 0.25) is 0 Å². The summed E-state index contributed by atoms with van der Waals surface area (Å²) in [6, 6.07) is 14.4. The first-order chi connectivity index (χ1) is 13.7. The van der Waals surface area contributed by atoms with E-state index in [9.17, 15) is 4.79 Å². The molecule has 0 saturated heterocycles.